The van der Waals surface area contributed by atoms with Gasteiger partial charge in [0.1, 0.15) is 11.5 Å². The molecule has 0 aliphatic carbocycles. The highest BCUT2D eigenvalue weighted by Crippen LogP contribution is 2.26. The summed E-state index contributed by atoms with van der Waals surface area (Å²) in [5.74, 6) is 1.24. The lowest BCUT2D eigenvalue weighted by atomic mass is 10.1. The zero-order chi connectivity index (χ0) is 17.4. The molecule has 0 atom stereocenters. The molecule has 1 aliphatic rings. The molecule has 1 aliphatic heterocycles. The van der Waals surface area contributed by atoms with Gasteiger partial charge in [-0.05, 0) is 18.2 Å². The zero-order valence-corrected chi connectivity index (χ0v) is 13.8. The lowest BCUT2D eigenvalue weighted by Gasteiger charge is -2.25. The molecule has 6 nitrogen and oxygen atoms in total. The normalized spacial score (nSPS) is 13.6. The van der Waals surface area contributed by atoms with Gasteiger partial charge in [-0.3, -0.25) is 9.59 Å². The number of oxazole rings is 1. The van der Waals surface area contributed by atoms with Crippen LogP contribution < -0.4 is 5.56 Å². The fourth-order valence-electron chi connectivity index (χ4n) is 2.94. The Labute approximate surface area is 144 Å². The molecule has 6 heteroatoms. The topological polar surface area (TPSA) is 68.3 Å². The number of rotatable bonds is 2. The number of carbonyl (C=O) groups excluding carboxylic acids is 1. The predicted octanol–water partition coefficient (Wildman–Crippen LogP) is 2.24. The molecule has 0 saturated heterocycles. The Morgan fingerprint density at radius 3 is 2.76 bits per heavy atom. The van der Waals surface area contributed by atoms with Crippen molar-refractivity contribution in [1.82, 2.24) is 14.5 Å². The second-order valence-corrected chi connectivity index (χ2v) is 6.10. The smallest absolute Gasteiger partial charge is 0.254 e. The number of nitrogens with zero attached hydrogens (tertiary/aromatic N) is 3. The summed E-state index contributed by atoms with van der Waals surface area (Å²) in [4.78, 5) is 30.7. The van der Waals surface area contributed by atoms with Crippen molar-refractivity contribution < 1.29 is 9.21 Å². The molecule has 0 fully saturated rings. The molecule has 0 N–H and O–H groups in total. The minimum atomic E-state index is -0.198. The van der Waals surface area contributed by atoms with Crippen LogP contribution in [0, 0.1) is 0 Å². The van der Waals surface area contributed by atoms with Crippen molar-refractivity contribution in [3.05, 3.63) is 76.0 Å². The third-order valence-corrected chi connectivity index (χ3v) is 4.39. The number of hydrogen-bond donors (Lipinski definition) is 0. The van der Waals surface area contributed by atoms with Crippen LogP contribution >= 0.6 is 0 Å². The second-order valence-electron chi connectivity index (χ2n) is 6.10. The maximum atomic E-state index is 12.7. The number of aromatic nitrogens is 2. The van der Waals surface area contributed by atoms with Crippen LogP contribution in [0.2, 0.25) is 0 Å². The number of hydrogen-bond acceptors (Lipinski definition) is 4. The van der Waals surface area contributed by atoms with Gasteiger partial charge in [-0.1, -0.05) is 18.2 Å². The number of carbonyl (C=O) groups is 1. The monoisotopic (exact) mass is 335 g/mol. The molecule has 0 bridgehead atoms. The molecule has 25 heavy (non-hydrogen) atoms. The van der Waals surface area contributed by atoms with E-state index in [2.05, 4.69) is 4.98 Å². The van der Waals surface area contributed by atoms with Crippen LogP contribution in [0.5, 0.6) is 0 Å². The highest BCUT2D eigenvalue weighted by Gasteiger charge is 2.26. The number of benzene rings is 1. The molecular weight excluding hydrogens is 318 g/mol. The van der Waals surface area contributed by atoms with E-state index in [1.165, 1.54) is 10.6 Å². The first-order chi connectivity index (χ1) is 12.1. The minimum absolute atomic E-state index is 0.160. The van der Waals surface area contributed by atoms with E-state index < -0.39 is 0 Å². The summed E-state index contributed by atoms with van der Waals surface area (Å²) in [5.41, 5.74) is 1.90. The predicted molar refractivity (Wildman–Crippen MR) is 92.1 cm³/mol. The van der Waals surface area contributed by atoms with Crippen LogP contribution in [0.3, 0.4) is 0 Å². The summed E-state index contributed by atoms with van der Waals surface area (Å²) in [6.07, 6.45) is 2.22. The summed E-state index contributed by atoms with van der Waals surface area (Å²) in [5, 5.41) is 0. The van der Waals surface area contributed by atoms with Crippen LogP contribution in [-0.2, 0) is 20.0 Å². The van der Waals surface area contributed by atoms with Gasteiger partial charge in [-0.2, -0.15) is 0 Å². The van der Waals surface area contributed by atoms with Gasteiger partial charge in [0.05, 0.1) is 6.54 Å². The van der Waals surface area contributed by atoms with E-state index in [1.54, 1.807) is 24.2 Å². The van der Waals surface area contributed by atoms with E-state index in [4.69, 9.17) is 4.42 Å². The van der Waals surface area contributed by atoms with Crippen molar-refractivity contribution >= 4 is 5.91 Å². The standard InChI is InChI=1S/C19H17N3O3/c1-21-9-7-14(11-17(21)23)19(24)22-10-8-16-15(12-22)20-18(25-16)13-5-3-2-4-6-13/h2-7,9,11H,8,10,12H2,1H3. The summed E-state index contributed by atoms with van der Waals surface area (Å²) in [7, 11) is 1.66. The summed E-state index contributed by atoms with van der Waals surface area (Å²) in [6.45, 7) is 0.935. The number of fused-ring (bicyclic) bond motifs is 1. The molecule has 3 aromatic rings. The van der Waals surface area contributed by atoms with Gasteiger partial charge in [-0.15, -0.1) is 0 Å². The van der Waals surface area contributed by atoms with E-state index in [0.717, 1.165) is 17.0 Å². The fraction of sp³-hybridized carbons (Fsp3) is 0.211. The number of aryl methyl sites for hydroxylation is 1. The number of amides is 1. The van der Waals surface area contributed by atoms with Crippen molar-refractivity contribution in [2.75, 3.05) is 6.54 Å². The van der Waals surface area contributed by atoms with E-state index >= 15 is 0 Å². The van der Waals surface area contributed by atoms with Crippen LogP contribution in [0.1, 0.15) is 21.8 Å². The Kier molecular flexibility index (Phi) is 3.72. The zero-order valence-electron chi connectivity index (χ0n) is 13.8. The van der Waals surface area contributed by atoms with Gasteiger partial charge < -0.3 is 13.9 Å². The van der Waals surface area contributed by atoms with Crippen molar-refractivity contribution in [1.29, 1.82) is 0 Å². The molecule has 4 rings (SSSR count). The van der Waals surface area contributed by atoms with Gasteiger partial charge in [0.2, 0.25) is 5.89 Å². The average Bonchev–Trinajstić information content (AvgIpc) is 3.07. The quantitative estimate of drug-likeness (QED) is 0.720. The maximum Gasteiger partial charge on any atom is 0.254 e. The average molecular weight is 335 g/mol. The first-order valence-electron chi connectivity index (χ1n) is 8.12. The van der Waals surface area contributed by atoms with Crippen molar-refractivity contribution in [2.45, 2.75) is 13.0 Å². The minimum Gasteiger partial charge on any atom is -0.441 e. The molecule has 0 unspecified atom stereocenters. The van der Waals surface area contributed by atoms with E-state index in [1.807, 2.05) is 30.3 Å². The third kappa shape index (κ3) is 2.87. The van der Waals surface area contributed by atoms with E-state index in [-0.39, 0.29) is 11.5 Å². The molecule has 1 aromatic carbocycles. The molecule has 3 heterocycles. The fourth-order valence-corrected chi connectivity index (χ4v) is 2.94. The SMILES string of the molecule is Cn1ccc(C(=O)N2CCc3oc(-c4ccccc4)nc3C2)cc1=O. The van der Waals surface area contributed by atoms with Gasteiger partial charge >= 0.3 is 0 Å². The highest BCUT2D eigenvalue weighted by molar-refractivity contribution is 5.94. The van der Waals surface area contributed by atoms with Gasteiger partial charge in [0.15, 0.2) is 0 Å². The first kappa shape index (κ1) is 15.4. The van der Waals surface area contributed by atoms with E-state index in [0.29, 0.717) is 31.0 Å². The Morgan fingerprint density at radius 2 is 2.00 bits per heavy atom. The van der Waals surface area contributed by atoms with Crippen LogP contribution in [0.25, 0.3) is 11.5 Å². The summed E-state index contributed by atoms with van der Waals surface area (Å²) in [6, 6.07) is 12.7. The molecule has 2 aromatic heterocycles. The molecule has 0 radical (unpaired) electrons. The largest absolute Gasteiger partial charge is 0.441 e. The van der Waals surface area contributed by atoms with Crippen LogP contribution in [0.15, 0.2) is 57.9 Å². The Morgan fingerprint density at radius 1 is 1.20 bits per heavy atom. The lowest BCUT2D eigenvalue weighted by molar-refractivity contribution is 0.0727. The highest BCUT2D eigenvalue weighted by atomic mass is 16.4. The summed E-state index contributed by atoms with van der Waals surface area (Å²) < 4.78 is 7.30. The molecule has 1 amide bonds. The molecular formula is C19H17N3O3. The lowest BCUT2D eigenvalue weighted by Crippen LogP contribution is -2.36. The number of pyridine rings is 1. The third-order valence-electron chi connectivity index (χ3n) is 4.39. The van der Waals surface area contributed by atoms with Crippen LogP contribution in [-0.4, -0.2) is 26.9 Å². The Hall–Kier alpha value is -3.15. The van der Waals surface area contributed by atoms with Crippen molar-refractivity contribution in [3.63, 3.8) is 0 Å². The summed E-state index contributed by atoms with van der Waals surface area (Å²) >= 11 is 0. The Bertz CT molecular complexity index is 989. The maximum absolute atomic E-state index is 12.7. The Balaban J connectivity index is 1.58. The van der Waals surface area contributed by atoms with Gasteiger partial charge in [0.25, 0.3) is 11.5 Å². The van der Waals surface area contributed by atoms with Crippen LogP contribution in [0.4, 0.5) is 0 Å². The van der Waals surface area contributed by atoms with Crippen molar-refractivity contribution in [3.8, 4) is 11.5 Å². The molecule has 0 saturated carbocycles. The second kappa shape index (κ2) is 6.05. The van der Waals surface area contributed by atoms with Crippen molar-refractivity contribution in [2.24, 2.45) is 7.05 Å². The molecule has 126 valence electrons. The first-order valence-corrected chi connectivity index (χ1v) is 8.12. The van der Waals surface area contributed by atoms with Gasteiger partial charge in [-0.25, -0.2) is 4.98 Å². The molecule has 0 spiro atoms. The van der Waals surface area contributed by atoms with Gasteiger partial charge in [0, 0.05) is 43.4 Å². The van der Waals surface area contributed by atoms with E-state index in [9.17, 15) is 9.59 Å².